The van der Waals surface area contributed by atoms with Crippen molar-refractivity contribution in [3.8, 4) is 0 Å². The van der Waals surface area contributed by atoms with Crippen LogP contribution in [0.4, 0.5) is 0 Å². The predicted molar refractivity (Wildman–Crippen MR) is 88.8 cm³/mol. The molecule has 114 valence electrons. The Morgan fingerprint density at radius 3 is 2.40 bits per heavy atom. The quantitative estimate of drug-likeness (QED) is 0.700. The lowest BCUT2D eigenvalue weighted by Gasteiger charge is -2.19. The Morgan fingerprint density at radius 1 is 1.10 bits per heavy atom. The van der Waals surface area contributed by atoms with E-state index in [4.69, 9.17) is 5.73 Å². The van der Waals surface area contributed by atoms with E-state index in [0.717, 1.165) is 19.0 Å². The van der Waals surface area contributed by atoms with Crippen LogP contribution in [0.1, 0.15) is 50.2 Å². The van der Waals surface area contributed by atoms with Crippen molar-refractivity contribution in [3.63, 3.8) is 0 Å². The van der Waals surface area contributed by atoms with Gasteiger partial charge in [-0.2, -0.15) is 0 Å². The second-order valence-electron chi connectivity index (χ2n) is 6.10. The predicted octanol–water partition coefficient (Wildman–Crippen LogP) is 3.97. The van der Waals surface area contributed by atoms with Gasteiger partial charge in [0, 0.05) is 6.54 Å². The molecule has 20 heavy (non-hydrogen) atoms. The molecule has 2 heteroatoms. The molecular weight excluding hydrogens is 244 g/mol. The highest BCUT2D eigenvalue weighted by Crippen LogP contribution is 2.17. The van der Waals surface area contributed by atoms with Gasteiger partial charge in [0.1, 0.15) is 0 Å². The third kappa shape index (κ3) is 7.06. The fourth-order valence-corrected chi connectivity index (χ4v) is 2.81. The number of hydrogen-bond acceptors (Lipinski definition) is 2. The molecule has 1 unspecified atom stereocenters. The molecule has 0 aliphatic heterocycles. The van der Waals surface area contributed by atoms with Gasteiger partial charge in [0.2, 0.25) is 0 Å². The van der Waals surface area contributed by atoms with Gasteiger partial charge in [0.05, 0.1) is 0 Å². The van der Waals surface area contributed by atoms with Crippen LogP contribution in [0.15, 0.2) is 24.3 Å². The molecule has 0 spiro atoms. The lowest BCUT2D eigenvalue weighted by atomic mass is 9.94. The van der Waals surface area contributed by atoms with Gasteiger partial charge in [-0.3, -0.25) is 0 Å². The van der Waals surface area contributed by atoms with Gasteiger partial charge in [-0.05, 0) is 57.8 Å². The molecule has 1 aromatic carbocycles. The van der Waals surface area contributed by atoms with Crippen molar-refractivity contribution in [2.24, 2.45) is 11.7 Å². The van der Waals surface area contributed by atoms with Gasteiger partial charge in [-0.15, -0.1) is 0 Å². The highest BCUT2D eigenvalue weighted by Gasteiger charge is 2.07. The van der Waals surface area contributed by atoms with Gasteiger partial charge in [0.15, 0.2) is 0 Å². The summed E-state index contributed by atoms with van der Waals surface area (Å²) in [6.45, 7) is 7.48. The smallest absolute Gasteiger partial charge is 0.0230 e. The summed E-state index contributed by atoms with van der Waals surface area (Å²) in [5.74, 6) is 0.831. The molecule has 0 aliphatic rings. The second kappa shape index (κ2) is 9.95. The molecule has 0 saturated carbocycles. The van der Waals surface area contributed by atoms with E-state index in [-0.39, 0.29) is 0 Å². The van der Waals surface area contributed by atoms with Crippen LogP contribution < -0.4 is 5.73 Å². The SMILES string of the molecule is CCCC(CCN)CCCN(C)Cc1ccc(C)cc1. The number of hydrogen-bond donors (Lipinski definition) is 1. The minimum absolute atomic E-state index is 0.831. The Labute approximate surface area is 125 Å². The number of rotatable bonds is 10. The van der Waals surface area contributed by atoms with Crippen LogP contribution in [0.3, 0.4) is 0 Å². The summed E-state index contributed by atoms with van der Waals surface area (Å²) in [7, 11) is 2.22. The lowest BCUT2D eigenvalue weighted by molar-refractivity contribution is 0.298. The standard InChI is InChI=1S/C18H32N2/c1-4-6-17(12-13-19)7-5-14-20(3)15-18-10-8-16(2)9-11-18/h8-11,17H,4-7,12-15,19H2,1-3H3. The highest BCUT2D eigenvalue weighted by atomic mass is 15.1. The molecular formula is C18H32N2. The van der Waals surface area contributed by atoms with Crippen molar-refractivity contribution in [2.75, 3.05) is 20.1 Å². The topological polar surface area (TPSA) is 29.3 Å². The van der Waals surface area contributed by atoms with Crippen LogP contribution in [0.2, 0.25) is 0 Å². The van der Waals surface area contributed by atoms with Crippen molar-refractivity contribution in [1.29, 1.82) is 0 Å². The number of nitrogens with zero attached hydrogens (tertiary/aromatic N) is 1. The fourth-order valence-electron chi connectivity index (χ4n) is 2.81. The van der Waals surface area contributed by atoms with Crippen LogP contribution in [0.5, 0.6) is 0 Å². The van der Waals surface area contributed by atoms with Gasteiger partial charge >= 0.3 is 0 Å². The number of aryl methyl sites for hydroxylation is 1. The van der Waals surface area contributed by atoms with Gasteiger partial charge in [0.25, 0.3) is 0 Å². The minimum atomic E-state index is 0.831. The van der Waals surface area contributed by atoms with Crippen LogP contribution in [0.25, 0.3) is 0 Å². The maximum Gasteiger partial charge on any atom is 0.0230 e. The van der Waals surface area contributed by atoms with E-state index in [9.17, 15) is 0 Å². The molecule has 1 rings (SSSR count). The summed E-state index contributed by atoms with van der Waals surface area (Å²) in [5, 5.41) is 0. The van der Waals surface area contributed by atoms with Crippen LogP contribution >= 0.6 is 0 Å². The summed E-state index contributed by atoms with van der Waals surface area (Å²) in [5.41, 5.74) is 8.44. The zero-order chi connectivity index (χ0) is 14.8. The first-order valence-corrected chi connectivity index (χ1v) is 8.09. The second-order valence-corrected chi connectivity index (χ2v) is 6.10. The van der Waals surface area contributed by atoms with E-state index in [1.165, 1.54) is 49.8 Å². The van der Waals surface area contributed by atoms with E-state index in [0.29, 0.717) is 0 Å². The van der Waals surface area contributed by atoms with Crippen LogP contribution in [-0.4, -0.2) is 25.0 Å². The summed E-state index contributed by atoms with van der Waals surface area (Å²) in [4.78, 5) is 2.43. The van der Waals surface area contributed by atoms with Gasteiger partial charge in [-0.25, -0.2) is 0 Å². The van der Waals surface area contributed by atoms with E-state index in [1.54, 1.807) is 0 Å². The Morgan fingerprint density at radius 2 is 1.80 bits per heavy atom. The Hall–Kier alpha value is -0.860. The monoisotopic (exact) mass is 276 g/mol. The Kier molecular flexibility index (Phi) is 8.56. The Balaban J connectivity index is 2.24. The van der Waals surface area contributed by atoms with E-state index in [1.807, 2.05) is 0 Å². The molecule has 1 aromatic rings. The molecule has 0 bridgehead atoms. The molecule has 0 radical (unpaired) electrons. The van der Waals surface area contributed by atoms with Crippen molar-refractivity contribution in [3.05, 3.63) is 35.4 Å². The lowest BCUT2D eigenvalue weighted by Crippen LogP contribution is -2.20. The number of nitrogens with two attached hydrogens (primary N) is 1. The summed E-state index contributed by atoms with van der Waals surface area (Å²) in [6.07, 6.45) is 6.41. The van der Waals surface area contributed by atoms with E-state index in [2.05, 4.69) is 50.1 Å². The zero-order valence-corrected chi connectivity index (χ0v) is 13.6. The van der Waals surface area contributed by atoms with Gasteiger partial charge in [-0.1, -0.05) is 49.6 Å². The first-order chi connectivity index (χ1) is 9.65. The molecule has 1 atom stereocenters. The van der Waals surface area contributed by atoms with E-state index < -0.39 is 0 Å². The highest BCUT2D eigenvalue weighted by molar-refractivity contribution is 5.21. The van der Waals surface area contributed by atoms with Crippen molar-refractivity contribution >= 4 is 0 Å². The third-order valence-electron chi connectivity index (χ3n) is 4.00. The first kappa shape index (κ1) is 17.2. The van der Waals surface area contributed by atoms with Crippen LogP contribution in [-0.2, 0) is 6.54 Å². The van der Waals surface area contributed by atoms with E-state index >= 15 is 0 Å². The molecule has 0 saturated heterocycles. The normalized spacial score (nSPS) is 12.8. The molecule has 0 heterocycles. The maximum atomic E-state index is 5.70. The third-order valence-corrected chi connectivity index (χ3v) is 4.00. The molecule has 2 nitrogen and oxygen atoms in total. The largest absolute Gasteiger partial charge is 0.330 e. The number of benzene rings is 1. The molecule has 0 aliphatic carbocycles. The average Bonchev–Trinajstić information content (AvgIpc) is 2.42. The zero-order valence-electron chi connectivity index (χ0n) is 13.6. The maximum absolute atomic E-state index is 5.70. The summed E-state index contributed by atoms with van der Waals surface area (Å²) >= 11 is 0. The molecule has 2 N–H and O–H groups in total. The fraction of sp³-hybridized carbons (Fsp3) is 0.667. The first-order valence-electron chi connectivity index (χ1n) is 8.09. The molecule has 0 amide bonds. The minimum Gasteiger partial charge on any atom is -0.330 e. The van der Waals surface area contributed by atoms with Crippen LogP contribution in [0, 0.1) is 12.8 Å². The van der Waals surface area contributed by atoms with Gasteiger partial charge < -0.3 is 10.6 Å². The Bertz CT molecular complexity index is 339. The van der Waals surface area contributed by atoms with Crippen molar-refractivity contribution < 1.29 is 0 Å². The summed E-state index contributed by atoms with van der Waals surface area (Å²) < 4.78 is 0. The molecule has 0 aromatic heterocycles. The van der Waals surface area contributed by atoms with Crippen molar-refractivity contribution in [2.45, 2.75) is 52.5 Å². The average molecular weight is 276 g/mol. The summed E-state index contributed by atoms with van der Waals surface area (Å²) in [6, 6.07) is 8.86. The van der Waals surface area contributed by atoms with Crippen molar-refractivity contribution in [1.82, 2.24) is 4.90 Å². The molecule has 0 fully saturated rings.